The maximum atomic E-state index is 12.0. The lowest BCUT2D eigenvalue weighted by atomic mass is 10.0. The number of fused-ring (bicyclic) bond motifs is 1. The molecular formula is C28H33N5O3S. The van der Waals surface area contributed by atoms with Crippen molar-refractivity contribution in [2.45, 2.75) is 57.9 Å². The number of aldehydes is 1. The fourth-order valence-electron chi connectivity index (χ4n) is 4.62. The lowest BCUT2D eigenvalue weighted by Crippen LogP contribution is -2.13. The van der Waals surface area contributed by atoms with E-state index in [1.165, 1.54) is 6.07 Å². The third-order valence-electron chi connectivity index (χ3n) is 6.46. The van der Waals surface area contributed by atoms with Crippen LogP contribution in [-0.4, -0.2) is 35.8 Å². The van der Waals surface area contributed by atoms with Gasteiger partial charge in [0.25, 0.3) is 0 Å². The zero-order valence-corrected chi connectivity index (χ0v) is 22.3. The van der Waals surface area contributed by atoms with Gasteiger partial charge in [0, 0.05) is 30.5 Å². The molecule has 0 aliphatic heterocycles. The van der Waals surface area contributed by atoms with Crippen LogP contribution < -0.4 is 10.5 Å². The molecule has 0 bridgehead atoms. The smallest absolute Gasteiger partial charge is 0.238 e. The lowest BCUT2D eigenvalue weighted by molar-refractivity contribution is -0.107. The molecular weight excluding hydrogens is 486 g/mol. The summed E-state index contributed by atoms with van der Waals surface area (Å²) in [6.07, 6.45) is 4.03. The molecule has 0 aliphatic carbocycles. The molecule has 0 aliphatic rings. The van der Waals surface area contributed by atoms with Gasteiger partial charge in [-0.25, -0.2) is 23.5 Å². The highest BCUT2D eigenvalue weighted by atomic mass is 32.2. The minimum atomic E-state index is -3.83. The molecule has 4 aromatic rings. The molecule has 2 aromatic carbocycles. The Hall–Kier alpha value is -3.56. The van der Waals surface area contributed by atoms with Crippen molar-refractivity contribution in [2.75, 3.05) is 11.9 Å². The topological polar surface area (TPSA) is 120 Å². The molecule has 37 heavy (non-hydrogen) atoms. The number of primary sulfonamides is 1. The minimum Gasteiger partial charge on any atom is -0.383 e. The SMILES string of the molecule is CCCc1nc2c(C)c(NCCCC=O)c(C)nc2n1Cc1ccc(-c2ccccc2S(N)(=O)=O)cc1. The van der Waals surface area contributed by atoms with Crippen LogP contribution >= 0.6 is 0 Å². The first-order valence-corrected chi connectivity index (χ1v) is 14.0. The summed E-state index contributed by atoms with van der Waals surface area (Å²) in [5.41, 5.74) is 7.08. The second-order valence-corrected chi connectivity index (χ2v) is 10.7. The van der Waals surface area contributed by atoms with E-state index in [4.69, 9.17) is 15.1 Å². The predicted octanol–water partition coefficient (Wildman–Crippen LogP) is 4.75. The number of pyridine rings is 1. The van der Waals surface area contributed by atoms with Crippen molar-refractivity contribution in [1.82, 2.24) is 14.5 Å². The molecule has 194 valence electrons. The van der Waals surface area contributed by atoms with Crippen LogP contribution in [0.5, 0.6) is 0 Å². The van der Waals surface area contributed by atoms with Gasteiger partial charge in [-0.3, -0.25) is 0 Å². The van der Waals surface area contributed by atoms with Crippen LogP contribution in [0.1, 0.15) is 48.8 Å². The van der Waals surface area contributed by atoms with E-state index in [0.29, 0.717) is 25.1 Å². The molecule has 0 unspecified atom stereocenters. The number of hydrogen-bond donors (Lipinski definition) is 2. The van der Waals surface area contributed by atoms with E-state index in [1.54, 1.807) is 18.2 Å². The first kappa shape index (κ1) is 26.5. The molecule has 2 heterocycles. The van der Waals surface area contributed by atoms with Crippen molar-refractivity contribution < 1.29 is 13.2 Å². The van der Waals surface area contributed by atoms with Gasteiger partial charge < -0.3 is 14.7 Å². The number of carbonyl (C=O) groups excluding carboxylic acids is 1. The number of rotatable bonds is 11. The number of unbranched alkanes of at least 4 members (excludes halogenated alkanes) is 1. The maximum absolute atomic E-state index is 12.0. The normalized spacial score (nSPS) is 11.7. The molecule has 8 nitrogen and oxygen atoms in total. The van der Waals surface area contributed by atoms with Crippen molar-refractivity contribution in [3.8, 4) is 11.1 Å². The zero-order valence-electron chi connectivity index (χ0n) is 21.5. The third-order valence-corrected chi connectivity index (χ3v) is 7.43. The van der Waals surface area contributed by atoms with Gasteiger partial charge in [-0.15, -0.1) is 0 Å². The Morgan fingerprint density at radius 3 is 2.46 bits per heavy atom. The van der Waals surface area contributed by atoms with Crippen LogP contribution in [-0.2, 0) is 27.8 Å². The number of aromatic nitrogens is 3. The summed E-state index contributed by atoms with van der Waals surface area (Å²) in [4.78, 5) is 20.6. The van der Waals surface area contributed by atoms with Gasteiger partial charge in [-0.1, -0.05) is 49.4 Å². The van der Waals surface area contributed by atoms with E-state index in [9.17, 15) is 13.2 Å². The van der Waals surface area contributed by atoms with E-state index in [-0.39, 0.29) is 4.90 Å². The summed E-state index contributed by atoms with van der Waals surface area (Å²) in [5, 5.41) is 8.86. The third kappa shape index (κ3) is 5.73. The van der Waals surface area contributed by atoms with Crippen LogP contribution in [0.3, 0.4) is 0 Å². The lowest BCUT2D eigenvalue weighted by Gasteiger charge is -2.14. The van der Waals surface area contributed by atoms with Crippen molar-refractivity contribution >= 4 is 33.2 Å². The monoisotopic (exact) mass is 519 g/mol. The van der Waals surface area contributed by atoms with Gasteiger partial charge in [-0.05, 0) is 43.9 Å². The number of nitrogens with two attached hydrogens (primary N) is 1. The Morgan fingerprint density at radius 1 is 1.05 bits per heavy atom. The van der Waals surface area contributed by atoms with E-state index in [1.807, 2.05) is 31.2 Å². The Balaban J connectivity index is 1.68. The average molecular weight is 520 g/mol. The first-order valence-electron chi connectivity index (χ1n) is 12.5. The summed E-state index contributed by atoms with van der Waals surface area (Å²) < 4.78 is 26.2. The maximum Gasteiger partial charge on any atom is 0.238 e. The van der Waals surface area contributed by atoms with Crippen LogP contribution in [0.2, 0.25) is 0 Å². The Kier molecular flexibility index (Phi) is 8.04. The summed E-state index contributed by atoms with van der Waals surface area (Å²) in [6.45, 7) is 7.48. The van der Waals surface area contributed by atoms with Gasteiger partial charge in [0.15, 0.2) is 5.65 Å². The quantitative estimate of drug-likeness (QED) is 0.218. The molecule has 0 saturated carbocycles. The van der Waals surface area contributed by atoms with Crippen LogP contribution in [0, 0.1) is 13.8 Å². The van der Waals surface area contributed by atoms with Gasteiger partial charge in [0.1, 0.15) is 17.6 Å². The van der Waals surface area contributed by atoms with E-state index < -0.39 is 10.0 Å². The highest BCUT2D eigenvalue weighted by Gasteiger charge is 2.19. The molecule has 0 spiro atoms. The fraction of sp³-hybridized carbons (Fsp3) is 0.321. The Morgan fingerprint density at radius 2 is 1.78 bits per heavy atom. The highest BCUT2D eigenvalue weighted by Crippen LogP contribution is 2.30. The molecule has 0 saturated heterocycles. The van der Waals surface area contributed by atoms with E-state index in [0.717, 1.165) is 70.6 Å². The number of aryl methyl sites for hydroxylation is 3. The molecule has 2 aromatic heterocycles. The molecule has 3 N–H and O–H groups in total. The number of sulfonamides is 1. The predicted molar refractivity (Wildman–Crippen MR) is 147 cm³/mol. The number of nitrogens with one attached hydrogen (secondary N) is 1. The van der Waals surface area contributed by atoms with Gasteiger partial charge in [0.05, 0.1) is 22.8 Å². The van der Waals surface area contributed by atoms with Gasteiger partial charge in [-0.2, -0.15) is 0 Å². The Labute approximate surface area is 218 Å². The number of hydrogen-bond acceptors (Lipinski definition) is 6. The van der Waals surface area contributed by atoms with E-state index >= 15 is 0 Å². The second-order valence-electron chi connectivity index (χ2n) is 9.21. The molecule has 0 fully saturated rings. The summed E-state index contributed by atoms with van der Waals surface area (Å²) in [6, 6.07) is 14.6. The Bertz CT molecular complexity index is 1530. The van der Waals surface area contributed by atoms with Crippen LogP contribution in [0.15, 0.2) is 53.4 Å². The zero-order chi connectivity index (χ0) is 26.6. The summed E-state index contributed by atoms with van der Waals surface area (Å²) in [7, 11) is -3.83. The number of imidazole rings is 1. The summed E-state index contributed by atoms with van der Waals surface area (Å²) in [5.74, 6) is 0.981. The molecule has 0 atom stereocenters. The number of anilines is 1. The molecule has 4 rings (SSSR count). The van der Waals surface area contributed by atoms with Gasteiger partial charge in [0.2, 0.25) is 10.0 Å². The molecule has 0 amide bonds. The highest BCUT2D eigenvalue weighted by molar-refractivity contribution is 7.89. The van der Waals surface area contributed by atoms with E-state index in [2.05, 4.69) is 23.7 Å². The van der Waals surface area contributed by atoms with Crippen molar-refractivity contribution in [2.24, 2.45) is 5.14 Å². The van der Waals surface area contributed by atoms with Crippen molar-refractivity contribution in [3.63, 3.8) is 0 Å². The van der Waals surface area contributed by atoms with Crippen molar-refractivity contribution in [3.05, 3.63) is 71.2 Å². The fourth-order valence-corrected chi connectivity index (χ4v) is 5.38. The average Bonchev–Trinajstić information content (AvgIpc) is 3.20. The van der Waals surface area contributed by atoms with Crippen LogP contribution in [0.25, 0.3) is 22.3 Å². The number of benzene rings is 2. The number of carbonyl (C=O) groups is 1. The standard InChI is InChI=1S/C28H33N5O3S/c1-4-9-25-32-27-19(2)26(30-16-7-8-17-34)20(3)31-28(27)33(25)18-21-12-14-22(15-13-21)23-10-5-6-11-24(23)37(29,35)36/h5-6,10-15,17,30H,4,7-9,16,18H2,1-3H3,(H2,29,35,36). The minimum absolute atomic E-state index is 0.110. The van der Waals surface area contributed by atoms with Gasteiger partial charge >= 0.3 is 0 Å². The van der Waals surface area contributed by atoms with Crippen molar-refractivity contribution in [1.29, 1.82) is 0 Å². The largest absolute Gasteiger partial charge is 0.383 e. The second kappa shape index (κ2) is 11.2. The number of nitrogens with zero attached hydrogens (tertiary/aromatic N) is 3. The summed E-state index contributed by atoms with van der Waals surface area (Å²) >= 11 is 0. The van der Waals surface area contributed by atoms with Crippen LogP contribution in [0.4, 0.5) is 5.69 Å². The first-order chi connectivity index (χ1) is 17.7. The molecule has 9 heteroatoms. The molecule has 0 radical (unpaired) electrons.